The van der Waals surface area contributed by atoms with Gasteiger partial charge < -0.3 is 10.2 Å². The highest BCUT2D eigenvalue weighted by Crippen LogP contribution is 2.14. The van der Waals surface area contributed by atoms with E-state index in [0.29, 0.717) is 25.9 Å². The minimum Gasteiger partial charge on any atom is -0.354 e. The van der Waals surface area contributed by atoms with E-state index in [2.05, 4.69) is 49.5 Å². The number of aryl methyl sites for hydroxylation is 3. The second-order valence-corrected chi connectivity index (χ2v) is 7.82. The molecule has 1 atom stereocenters. The second-order valence-electron chi connectivity index (χ2n) is 7.82. The topological polar surface area (TPSA) is 49.4 Å². The molecular formula is C25H34N2O2. The Bertz CT molecular complexity index is 799. The van der Waals surface area contributed by atoms with Gasteiger partial charge in [-0.1, -0.05) is 73.0 Å². The molecule has 2 aromatic rings. The predicted molar refractivity (Wildman–Crippen MR) is 119 cm³/mol. The summed E-state index contributed by atoms with van der Waals surface area (Å²) in [7, 11) is 0. The lowest BCUT2D eigenvalue weighted by Crippen LogP contribution is -2.47. The van der Waals surface area contributed by atoms with E-state index in [1.54, 1.807) is 4.90 Å². The molecule has 29 heavy (non-hydrogen) atoms. The maximum Gasteiger partial charge on any atom is 0.242 e. The van der Waals surface area contributed by atoms with Crippen LogP contribution in [0.15, 0.2) is 48.5 Å². The van der Waals surface area contributed by atoms with E-state index < -0.39 is 6.04 Å². The Morgan fingerprint density at radius 3 is 2.38 bits per heavy atom. The van der Waals surface area contributed by atoms with Crippen molar-refractivity contribution in [2.24, 2.45) is 0 Å². The largest absolute Gasteiger partial charge is 0.354 e. The van der Waals surface area contributed by atoms with Gasteiger partial charge in [-0.25, -0.2) is 0 Å². The standard InChI is InChI=1S/C25H34N2O2/c1-5-6-16-26-25(29)21(4)27(18-23-9-7-8-20(3)17-23)24(28)15-14-22-12-10-19(2)11-13-22/h7-13,17,21H,5-6,14-16,18H2,1-4H3,(H,26,29)/t21-/m1/s1. The van der Waals surface area contributed by atoms with E-state index in [1.165, 1.54) is 5.56 Å². The predicted octanol–water partition coefficient (Wildman–Crippen LogP) is 4.57. The molecule has 0 fully saturated rings. The Morgan fingerprint density at radius 1 is 1.00 bits per heavy atom. The number of hydrogen-bond donors (Lipinski definition) is 1. The Kier molecular flexibility index (Phi) is 8.91. The van der Waals surface area contributed by atoms with Crippen molar-refractivity contribution in [1.82, 2.24) is 10.2 Å². The van der Waals surface area contributed by atoms with Gasteiger partial charge in [-0.2, -0.15) is 0 Å². The molecule has 2 amide bonds. The molecule has 0 saturated carbocycles. The number of carbonyl (C=O) groups is 2. The first-order valence-corrected chi connectivity index (χ1v) is 10.6. The first-order chi connectivity index (χ1) is 13.9. The van der Waals surface area contributed by atoms with Crippen LogP contribution >= 0.6 is 0 Å². The van der Waals surface area contributed by atoms with Crippen molar-refractivity contribution in [2.75, 3.05) is 6.54 Å². The van der Waals surface area contributed by atoms with E-state index >= 15 is 0 Å². The number of amides is 2. The SMILES string of the molecule is CCCCNC(=O)[C@@H](C)N(Cc1cccc(C)c1)C(=O)CCc1ccc(C)cc1. The molecule has 0 radical (unpaired) electrons. The van der Waals surface area contributed by atoms with Crippen LogP contribution < -0.4 is 5.32 Å². The fourth-order valence-electron chi connectivity index (χ4n) is 3.28. The first-order valence-electron chi connectivity index (χ1n) is 10.6. The summed E-state index contributed by atoms with van der Waals surface area (Å²) >= 11 is 0. The van der Waals surface area contributed by atoms with Gasteiger partial charge >= 0.3 is 0 Å². The van der Waals surface area contributed by atoms with Crippen LogP contribution in [0.5, 0.6) is 0 Å². The van der Waals surface area contributed by atoms with Crippen molar-refractivity contribution in [3.05, 3.63) is 70.8 Å². The summed E-state index contributed by atoms with van der Waals surface area (Å²) in [6, 6.07) is 15.9. The van der Waals surface area contributed by atoms with Crippen LogP contribution in [0.25, 0.3) is 0 Å². The van der Waals surface area contributed by atoms with Gasteiger partial charge in [0.1, 0.15) is 6.04 Å². The Balaban J connectivity index is 2.10. The highest BCUT2D eigenvalue weighted by atomic mass is 16.2. The van der Waals surface area contributed by atoms with Crippen molar-refractivity contribution in [3.63, 3.8) is 0 Å². The fourth-order valence-corrected chi connectivity index (χ4v) is 3.28. The summed E-state index contributed by atoms with van der Waals surface area (Å²) in [6.45, 7) is 9.09. The Labute approximate surface area is 175 Å². The summed E-state index contributed by atoms with van der Waals surface area (Å²) in [5, 5.41) is 2.96. The van der Waals surface area contributed by atoms with Crippen LogP contribution in [-0.2, 0) is 22.6 Å². The first kappa shape index (κ1) is 22.7. The van der Waals surface area contributed by atoms with Crippen LogP contribution in [0.3, 0.4) is 0 Å². The number of hydrogen-bond acceptors (Lipinski definition) is 2. The fraction of sp³-hybridized carbons (Fsp3) is 0.440. The van der Waals surface area contributed by atoms with Crippen molar-refractivity contribution in [3.8, 4) is 0 Å². The molecule has 0 aromatic heterocycles. The molecule has 4 heteroatoms. The zero-order chi connectivity index (χ0) is 21.2. The van der Waals surface area contributed by atoms with Crippen LogP contribution in [0.1, 0.15) is 55.4 Å². The molecule has 0 spiro atoms. The van der Waals surface area contributed by atoms with Crippen LogP contribution in [0, 0.1) is 13.8 Å². The molecule has 0 saturated heterocycles. The van der Waals surface area contributed by atoms with Gasteiger partial charge in [0.05, 0.1) is 0 Å². The molecule has 1 N–H and O–H groups in total. The number of benzene rings is 2. The zero-order valence-corrected chi connectivity index (χ0v) is 18.2. The third-order valence-electron chi connectivity index (χ3n) is 5.18. The maximum absolute atomic E-state index is 13.1. The number of rotatable bonds is 10. The third kappa shape index (κ3) is 7.37. The zero-order valence-electron chi connectivity index (χ0n) is 18.2. The van der Waals surface area contributed by atoms with Crippen LogP contribution in [0.2, 0.25) is 0 Å². The summed E-state index contributed by atoms with van der Waals surface area (Å²) in [4.78, 5) is 27.4. The van der Waals surface area contributed by atoms with E-state index in [1.807, 2.05) is 32.0 Å². The summed E-state index contributed by atoms with van der Waals surface area (Å²) in [5.41, 5.74) is 4.54. The van der Waals surface area contributed by atoms with Crippen molar-refractivity contribution < 1.29 is 9.59 Å². The molecule has 0 heterocycles. The van der Waals surface area contributed by atoms with Crippen molar-refractivity contribution >= 4 is 11.8 Å². The normalized spacial score (nSPS) is 11.7. The molecule has 2 aromatic carbocycles. The average molecular weight is 395 g/mol. The molecule has 0 aliphatic heterocycles. The summed E-state index contributed by atoms with van der Waals surface area (Å²) in [5.74, 6) is -0.0833. The number of unbranched alkanes of at least 4 members (excludes halogenated alkanes) is 1. The number of carbonyl (C=O) groups excluding carboxylic acids is 2. The number of nitrogens with zero attached hydrogens (tertiary/aromatic N) is 1. The summed E-state index contributed by atoms with van der Waals surface area (Å²) in [6.07, 6.45) is 3.03. The molecular weight excluding hydrogens is 360 g/mol. The average Bonchev–Trinajstić information content (AvgIpc) is 2.71. The van der Waals surface area contributed by atoms with Gasteiger partial charge in [-0.05, 0) is 44.7 Å². The molecule has 4 nitrogen and oxygen atoms in total. The second kappa shape index (κ2) is 11.4. The monoisotopic (exact) mass is 394 g/mol. The van der Waals surface area contributed by atoms with Crippen LogP contribution in [0.4, 0.5) is 0 Å². The Morgan fingerprint density at radius 2 is 1.72 bits per heavy atom. The lowest BCUT2D eigenvalue weighted by Gasteiger charge is -2.29. The van der Waals surface area contributed by atoms with Gasteiger partial charge in [-0.3, -0.25) is 9.59 Å². The van der Waals surface area contributed by atoms with E-state index in [-0.39, 0.29) is 11.8 Å². The van der Waals surface area contributed by atoms with E-state index in [9.17, 15) is 9.59 Å². The highest BCUT2D eigenvalue weighted by Gasteiger charge is 2.25. The van der Waals surface area contributed by atoms with Crippen LogP contribution in [-0.4, -0.2) is 29.3 Å². The van der Waals surface area contributed by atoms with Gasteiger partial charge in [0.25, 0.3) is 0 Å². The van der Waals surface area contributed by atoms with E-state index in [0.717, 1.165) is 29.5 Å². The van der Waals surface area contributed by atoms with Crippen molar-refractivity contribution in [1.29, 1.82) is 0 Å². The summed E-state index contributed by atoms with van der Waals surface area (Å²) < 4.78 is 0. The van der Waals surface area contributed by atoms with Gasteiger partial charge in [0, 0.05) is 19.5 Å². The molecule has 0 aliphatic rings. The molecule has 0 unspecified atom stereocenters. The highest BCUT2D eigenvalue weighted by molar-refractivity contribution is 5.87. The van der Waals surface area contributed by atoms with E-state index in [4.69, 9.17) is 0 Å². The molecule has 156 valence electrons. The van der Waals surface area contributed by atoms with Gasteiger partial charge in [0.2, 0.25) is 11.8 Å². The third-order valence-corrected chi connectivity index (χ3v) is 5.18. The van der Waals surface area contributed by atoms with Gasteiger partial charge in [0.15, 0.2) is 0 Å². The Hall–Kier alpha value is -2.62. The smallest absolute Gasteiger partial charge is 0.242 e. The van der Waals surface area contributed by atoms with Gasteiger partial charge in [-0.15, -0.1) is 0 Å². The minimum atomic E-state index is -0.502. The lowest BCUT2D eigenvalue weighted by atomic mass is 10.1. The quantitative estimate of drug-likeness (QED) is 0.600. The van der Waals surface area contributed by atoms with Crippen molar-refractivity contribution in [2.45, 2.75) is 66.0 Å². The molecule has 2 rings (SSSR count). The molecule has 0 bridgehead atoms. The number of nitrogens with one attached hydrogen (secondary N) is 1. The minimum absolute atomic E-state index is 0.00484. The lowest BCUT2D eigenvalue weighted by molar-refractivity contribution is -0.140. The molecule has 0 aliphatic carbocycles. The maximum atomic E-state index is 13.1.